The van der Waals surface area contributed by atoms with Crippen molar-refractivity contribution in [3.63, 3.8) is 0 Å². The molecule has 1 aliphatic rings. The summed E-state index contributed by atoms with van der Waals surface area (Å²) in [5.41, 5.74) is 6.74. The lowest BCUT2D eigenvalue weighted by atomic mass is 9.76. The number of nitrogens with two attached hydrogens (primary N) is 1. The second kappa shape index (κ2) is 5.29. The largest absolute Gasteiger partial charge is 0.324 e. The molecule has 1 amide bonds. The predicted octanol–water partition coefficient (Wildman–Crippen LogP) is 2.98. The molecule has 19 heavy (non-hydrogen) atoms. The Morgan fingerprint density at radius 2 is 2.26 bits per heavy atom. The highest BCUT2D eigenvalue weighted by molar-refractivity contribution is 5.98. The van der Waals surface area contributed by atoms with Crippen LogP contribution in [0.3, 0.4) is 0 Å². The van der Waals surface area contributed by atoms with E-state index in [0.29, 0.717) is 24.4 Å². The van der Waals surface area contributed by atoms with Crippen molar-refractivity contribution >= 4 is 11.6 Å². The topological polar surface area (TPSA) is 55.1 Å². The fourth-order valence-electron chi connectivity index (χ4n) is 2.77. The van der Waals surface area contributed by atoms with Gasteiger partial charge in [-0.3, -0.25) is 4.79 Å². The van der Waals surface area contributed by atoms with Crippen LogP contribution in [0.1, 0.15) is 38.2 Å². The molecule has 0 aromatic heterocycles. The maximum absolute atomic E-state index is 13.2. The zero-order valence-corrected chi connectivity index (χ0v) is 11.5. The lowest BCUT2D eigenvalue weighted by Crippen LogP contribution is -2.53. The van der Waals surface area contributed by atoms with E-state index < -0.39 is 5.54 Å². The summed E-state index contributed by atoms with van der Waals surface area (Å²) in [5, 5.41) is 2.78. The van der Waals surface area contributed by atoms with Gasteiger partial charge in [0.05, 0.1) is 5.54 Å². The van der Waals surface area contributed by atoms with Crippen LogP contribution >= 0.6 is 0 Å². The standard InChI is InChI=1S/C15H21FN2O/c1-10-4-3-7-15(17,9-10)14(19)18-13-8-12(16)6-5-11(13)2/h5-6,8,10H,3-4,7,9,17H2,1-2H3,(H,18,19). The molecule has 1 aromatic carbocycles. The predicted molar refractivity (Wildman–Crippen MR) is 74.3 cm³/mol. The molecule has 3 N–H and O–H groups in total. The number of amides is 1. The van der Waals surface area contributed by atoms with Gasteiger partial charge in [-0.25, -0.2) is 4.39 Å². The molecule has 1 saturated carbocycles. The van der Waals surface area contributed by atoms with Crippen LogP contribution in [0.4, 0.5) is 10.1 Å². The van der Waals surface area contributed by atoms with Gasteiger partial charge in [0.1, 0.15) is 5.82 Å². The van der Waals surface area contributed by atoms with E-state index in [1.165, 1.54) is 12.1 Å². The molecule has 2 atom stereocenters. The molecular weight excluding hydrogens is 243 g/mol. The molecule has 1 fully saturated rings. The van der Waals surface area contributed by atoms with E-state index in [-0.39, 0.29) is 11.7 Å². The van der Waals surface area contributed by atoms with Crippen molar-refractivity contribution in [1.29, 1.82) is 0 Å². The van der Waals surface area contributed by atoms with Crippen LogP contribution < -0.4 is 11.1 Å². The van der Waals surface area contributed by atoms with Crippen molar-refractivity contribution in [2.24, 2.45) is 11.7 Å². The van der Waals surface area contributed by atoms with Crippen LogP contribution in [-0.2, 0) is 4.79 Å². The van der Waals surface area contributed by atoms with Crippen molar-refractivity contribution < 1.29 is 9.18 Å². The van der Waals surface area contributed by atoms with Crippen molar-refractivity contribution in [2.75, 3.05) is 5.32 Å². The molecular formula is C15H21FN2O. The van der Waals surface area contributed by atoms with Gasteiger partial charge < -0.3 is 11.1 Å². The van der Waals surface area contributed by atoms with Gasteiger partial charge in [-0.2, -0.15) is 0 Å². The molecule has 2 unspecified atom stereocenters. The fraction of sp³-hybridized carbons (Fsp3) is 0.533. The molecule has 104 valence electrons. The van der Waals surface area contributed by atoms with Crippen molar-refractivity contribution in [1.82, 2.24) is 0 Å². The third-order valence-electron chi connectivity index (χ3n) is 3.93. The summed E-state index contributed by atoms with van der Waals surface area (Å²) in [6.07, 6.45) is 3.46. The maximum atomic E-state index is 13.2. The molecule has 4 heteroatoms. The van der Waals surface area contributed by atoms with E-state index in [2.05, 4.69) is 12.2 Å². The molecule has 0 spiro atoms. The summed E-state index contributed by atoms with van der Waals surface area (Å²) in [7, 11) is 0. The Labute approximate surface area is 113 Å². The highest BCUT2D eigenvalue weighted by Gasteiger charge is 2.38. The molecule has 0 radical (unpaired) electrons. The third kappa shape index (κ3) is 3.13. The second-order valence-corrected chi connectivity index (χ2v) is 5.77. The number of halogens is 1. The summed E-state index contributed by atoms with van der Waals surface area (Å²) in [6, 6.07) is 4.37. The molecule has 0 aliphatic heterocycles. The van der Waals surface area contributed by atoms with E-state index >= 15 is 0 Å². The Balaban J connectivity index is 2.14. The Morgan fingerprint density at radius 3 is 2.95 bits per heavy atom. The summed E-state index contributed by atoms with van der Waals surface area (Å²) in [4.78, 5) is 12.3. The van der Waals surface area contributed by atoms with Gasteiger partial charge in [-0.15, -0.1) is 0 Å². The van der Waals surface area contributed by atoms with Gasteiger partial charge in [-0.1, -0.05) is 25.8 Å². The van der Waals surface area contributed by atoms with E-state index in [1.807, 2.05) is 6.92 Å². The van der Waals surface area contributed by atoms with Gasteiger partial charge in [0, 0.05) is 5.69 Å². The minimum absolute atomic E-state index is 0.201. The minimum atomic E-state index is -0.823. The third-order valence-corrected chi connectivity index (χ3v) is 3.93. The maximum Gasteiger partial charge on any atom is 0.244 e. The number of hydrogen-bond acceptors (Lipinski definition) is 2. The van der Waals surface area contributed by atoms with E-state index in [9.17, 15) is 9.18 Å². The number of rotatable bonds is 2. The highest BCUT2D eigenvalue weighted by Crippen LogP contribution is 2.31. The molecule has 1 aromatic rings. The number of carbonyl (C=O) groups excluding carboxylic acids is 1. The lowest BCUT2D eigenvalue weighted by molar-refractivity contribution is -0.122. The summed E-state index contributed by atoms with van der Waals surface area (Å²) in [6.45, 7) is 3.95. The number of aryl methyl sites for hydroxylation is 1. The van der Waals surface area contributed by atoms with E-state index in [1.54, 1.807) is 6.07 Å². The quantitative estimate of drug-likeness (QED) is 0.862. The molecule has 0 heterocycles. The summed E-state index contributed by atoms with van der Waals surface area (Å²) < 4.78 is 13.2. The number of carbonyl (C=O) groups is 1. The van der Waals surface area contributed by atoms with Crippen LogP contribution in [0, 0.1) is 18.7 Å². The summed E-state index contributed by atoms with van der Waals surface area (Å²) >= 11 is 0. The van der Waals surface area contributed by atoms with Gasteiger partial charge in [0.15, 0.2) is 0 Å². The van der Waals surface area contributed by atoms with Gasteiger partial charge in [0.2, 0.25) is 5.91 Å². The molecule has 2 rings (SSSR count). The Bertz CT molecular complexity index is 489. The Hall–Kier alpha value is -1.42. The zero-order chi connectivity index (χ0) is 14.0. The number of hydrogen-bond donors (Lipinski definition) is 2. The molecule has 0 saturated heterocycles. The molecule has 3 nitrogen and oxygen atoms in total. The van der Waals surface area contributed by atoms with Crippen LogP contribution in [0.5, 0.6) is 0 Å². The second-order valence-electron chi connectivity index (χ2n) is 5.77. The van der Waals surface area contributed by atoms with Crippen LogP contribution in [0.15, 0.2) is 18.2 Å². The number of benzene rings is 1. The lowest BCUT2D eigenvalue weighted by Gasteiger charge is -2.35. The molecule has 0 bridgehead atoms. The van der Waals surface area contributed by atoms with Crippen LogP contribution in [0.2, 0.25) is 0 Å². The average molecular weight is 264 g/mol. The smallest absolute Gasteiger partial charge is 0.244 e. The van der Waals surface area contributed by atoms with Crippen LogP contribution in [0.25, 0.3) is 0 Å². The Kier molecular flexibility index (Phi) is 3.90. The first-order chi connectivity index (χ1) is 8.90. The average Bonchev–Trinajstić information content (AvgIpc) is 2.33. The number of nitrogens with one attached hydrogen (secondary N) is 1. The monoisotopic (exact) mass is 264 g/mol. The van der Waals surface area contributed by atoms with Crippen molar-refractivity contribution in [3.05, 3.63) is 29.6 Å². The van der Waals surface area contributed by atoms with Gasteiger partial charge in [-0.05, 0) is 43.4 Å². The SMILES string of the molecule is Cc1ccc(F)cc1NC(=O)C1(N)CCCC(C)C1. The zero-order valence-electron chi connectivity index (χ0n) is 11.5. The Morgan fingerprint density at radius 1 is 1.53 bits per heavy atom. The van der Waals surface area contributed by atoms with Gasteiger partial charge in [0.25, 0.3) is 0 Å². The van der Waals surface area contributed by atoms with Crippen molar-refractivity contribution in [3.8, 4) is 0 Å². The van der Waals surface area contributed by atoms with Crippen LogP contribution in [-0.4, -0.2) is 11.4 Å². The van der Waals surface area contributed by atoms with E-state index in [4.69, 9.17) is 5.73 Å². The normalized spacial score (nSPS) is 27.1. The first-order valence-electron chi connectivity index (χ1n) is 6.77. The van der Waals surface area contributed by atoms with Crippen molar-refractivity contribution in [2.45, 2.75) is 45.1 Å². The molecule has 1 aliphatic carbocycles. The number of anilines is 1. The highest BCUT2D eigenvalue weighted by atomic mass is 19.1. The van der Waals surface area contributed by atoms with Gasteiger partial charge >= 0.3 is 0 Å². The fourth-order valence-corrected chi connectivity index (χ4v) is 2.77. The summed E-state index contributed by atoms with van der Waals surface area (Å²) in [5.74, 6) is -0.102. The first kappa shape index (κ1) is 14.0. The van der Waals surface area contributed by atoms with E-state index in [0.717, 1.165) is 18.4 Å². The minimum Gasteiger partial charge on any atom is -0.324 e. The first-order valence-corrected chi connectivity index (χ1v) is 6.77.